The standard InChI is InChI=1S/C15H24N2O/c1-11-7-8-13(18-4)12-6-5-9-15(10-16,14(11)12)17(2)3/h7-8H,5-6,9-10,16H2,1-4H3. The van der Waals surface area contributed by atoms with Crippen molar-refractivity contribution < 1.29 is 4.74 Å². The molecule has 0 radical (unpaired) electrons. The predicted octanol–water partition coefficient (Wildman–Crippen LogP) is 2.06. The summed E-state index contributed by atoms with van der Waals surface area (Å²) in [5.74, 6) is 1.01. The Morgan fingerprint density at radius 1 is 1.39 bits per heavy atom. The lowest BCUT2D eigenvalue weighted by molar-refractivity contribution is 0.133. The Hall–Kier alpha value is -1.06. The van der Waals surface area contributed by atoms with Crippen molar-refractivity contribution in [3.63, 3.8) is 0 Å². The number of fused-ring (bicyclic) bond motifs is 1. The van der Waals surface area contributed by atoms with E-state index in [2.05, 4.69) is 38.1 Å². The first-order chi connectivity index (χ1) is 8.56. The molecule has 18 heavy (non-hydrogen) atoms. The van der Waals surface area contributed by atoms with Crippen LogP contribution in [-0.4, -0.2) is 32.6 Å². The number of nitrogens with two attached hydrogens (primary N) is 1. The Labute approximate surface area is 110 Å². The van der Waals surface area contributed by atoms with Crippen LogP contribution >= 0.6 is 0 Å². The highest BCUT2D eigenvalue weighted by Gasteiger charge is 2.39. The van der Waals surface area contributed by atoms with Crippen LogP contribution in [-0.2, 0) is 12.0 Å². The SMILES string of the molecule is COc1ccc(C)c2c1CCCC2(CN)N(C)C. The van der Waals surface area contributed by atoms with E-state index >= 15 is 0 Å². The van der Waals surface area contributed by atoms with Gasteiger partial charge in [0.2, 0.25) is 0 Å². The maximum Gasteiger partial charge on any atom is 0.122 e. The summed E-state index contributed by atoms with van der Waals surface area (Å²) >= 11 is 0. The van der Waals surface area contributed by atoms with Gasteiger partial charge in [0.1, 0.15) is 5.75 Å². The van der Waals surface area contributed by atoms with Crippen LogP contribution in [0.4, 0.5) is 0 Å². The summed E-state index contributed by atoms with van der Waals surface area (Å²) in [5, 5.41) is 0. The summed E-state index contributed by atoms with van der Waals surface area (Å²) in [4.78, 5) is 2.28. The van der Waals surface area contributed by atoms with E-state index in [0.717, 1.165) is 18.6 Å². The smallest absolute Gasteiger partial charge is 0.122 e. The van der Waals surface area contributed by atoms with Gasteiger partial charge < -0.3 is 10.5 Å². The third-order valence-electron chi connectivity index (χ3n) is 4.37. The Bertz CT molecular complexity index is 442. The van der Waals surface area contributed by atoms with Crippen molar-refractivity contribution in [3.05, 3.63) is 28.8 Å². The lowest BCUT2D eigenvalue weighted by Gasteiger charge is -2.45. The zero-order valence-electron chi connectivity index (χ0n) is 11.9. The number of ether oxygens (including phenoxy) is 1. The largest absolute Gasteiger partial charge is 0.496 e. The van der Waals surface area contributed by atoms with E-state index in [0.29, 0.717) is 6.54 Å². The van der Waals surface area contributed by atoms with Gasteiger partial charge >= 0.3 is 0 Å². The summed E-state index contributed by atoms with van der Waals surface area (Å²) in [6.45, 7) is 2.83. The number of rotatable bonds is 3. The third kappa shape index (κ3) is 1.82. The molecule has 0 aliphatic heterocycles. The minimum atomic E-state index is -0.0355. The van der Waals surface area contributed by atoms with Crippen LogP contribution in [0.3, 0.4) is 0 Å². The number of likely N-dealkylation sites (N-methyl/N-ethyl adjacent to an activating group) is 1. The molecule has 0 aromatic heterocycles. The molecule has 1 aromatic rings. The topological polar surface area (TPSA) is 38.5 Å². The second-order valence-electron chi connectivity index (χ2n) is 5.42. The van der Waals surface area contributed by atoms with Crippen molar-refractivity contribution in [1.29, 1.82) is 0 Å². The molecule has 3 nitrogen and oxygen atoms in total. The van der Waals surface area contributed by atoms with Crippen LogP contribution in [0.5, 0.6) is 5.75 Å². The monoisotopic (exact) mass is 248 g/mol. The summed E-state index contributed by atoms with van der Waals surface area (Å²) in [5.41, 5.74) is 10.2. The fraction of sp³-hybridized carbons (Fsp3) is 0.600. The molecule has 2 N–H and O–H groups in total. The Morgan fingerprint density at radius 3 is 2.67 bits per heavy atom. The highest BCUT2D eigenvalue weighted by molar-refractivity contribution is 5.50. The number of hydrogen-bond donors (Lipinski definition) is 1. The lowest BCUT2D eigenvalue weighted by Crippen LogP contribution is -2.50. The van der Waals surface area contributed by atoms with Gasteiger partial charge in [-0.1, -0.05) is 6.07 Å². The van der Waals surface area contributed by atoms with Gasteiger partial charge in [-0.05, 0) is 63.0 Å². The first-order valence-corrected chi connectivity index (χ1v) is 6.61. The number of benzene rings is 1. The normalized spacial score (nSPS) is 23.0. The zero-order chi connectivity index (χ0) is 13.3. The number of aryl methyl sites for hydroxylation is 1. The average molecular weight is 248 g/mol. The van der Waals surface area contributed by atoms with Crippen molar-refractivity contribution in [2.75, 3.05) is 27.7 Å². The summed E-state index contributed by atoms with van der Waals surface area (Å²) < 4.78 is 5.53. The Kier molecular flexibility index (Phi) is 3.64. The van der Waals surface area contributed by atoms with E-state index in [4.69, 9.17) is 10.5 Å². The lowest BCUT2D eigenvalue weighted by atomic mass is 9.73. The summed E-state index contributed by atoms with van der Waals surface area (Å²) in [6.07, 6.45) is 3.38. The molecule has 1 unspecified atom stereocenters. The van der Waals surface area contributed by atoms with Crippen molar-refractivity contribution in [2.24, 2.45) is 5.73 Å². The van der Waals surface area contributed by atoms with Crippen molar-refractivity contribution >= 4 is 0 Å². The van der Waals surface area contributed by atoms with E-state index in [1.54, 1.807) is 7.11 Å². The fourth-order valence-electron chi connectivity index (χ4n) is 3.35. The van der Waals surface area contributed by atoms with Crippen molar-refractivity contribution in [2.45, 2.75) is 31.7 Å². The fourth-order valence-corrected chi connectivity index (χ4v) is 3.35. The summed E-state index contributed by atoms with van der Waals surface area (Å²) in [7, 11) is 6.00. The Balaban J connectivity index is 2.68. The van der Waals surface area contributed by atoms with E-state index in [1.807, 2.05) is 0 Å². The van der Waals surface area contributed by atoms with E-state index in [-0.39, 0.29) is 5.54 Å². The molecule has 1 atom stereocenters. The molecule has 0 fully saturated rings. The maximum absolute atomic E-state index is 6.13. The van der Waals surface area contributed by atoms with Crippen LogP contribution in [0.2, 0.25) is 0 Å². The van der Waals surface area contributed by atoms with Crippen LogP contribution in [0.1, 0.15) is 29.5 Å². The van der Waals surface area contributed by atoms with E-state index in [1.165, 1.54) is 23.1 Å². The second-order valence-corrected chi connectivity index (χ2v) is 5.42. The molecule has 0 heterocycles. The highest BCUT2D eigenvalue weighted by Crippen LogP contribution is 2.43. The van der Waals surface area contributed by atoms with Gasteiger partial charge in [-0.15, -0.1) is 0 Å². The quantitative estimate of drug-likeness (QED) is 0.890. The molecule has 2 rings (SSSR count). The molecule has 0 spiro atoms. The van der Waals surface area contributed by atoms with Gasteiger partial charge in [-0.25, -0.2) is 0 Å². The first-order valence-electron chi connectivity index (χ1n) is 6.61. The molecule has 0 amide bonds. The number of methoxy groups -OCH3 is 1. The number of nitrogens with zero attached hydrogens (tertiary/aromatic N) is 1. The van der Waals surface area contributed by atoms with Crippen LogP contribution < -0.4 is 10.5 Å². The third-order valence-corrected chi connectivity index (χ3v) is 4.37. The molecule has 0 bridgehead atoms. The van der Waals surface area contributed by atoms with Gasteiger partial charge in [0, 0.05) is 6.54 Å². The van der Waals surface area contributed by atoms with Gasteiger partial charge in [0.25, 0.3) is 0 Å². The van der Waals surface area contributed by atoms with Crippen LogP contribution in [0, 0.1) is 6.92 Å². The molecule has 0 saturated carbocycles. The van der Waals surface area contributed by atoms with E-state index < -0.39 is 0 Å². The molecule has 1 aromatic carbocycles. The molecule has 1 aliphatic carbocycles. The average Bonchev–Trinajstić information content (AvgIpc) is 2.38. The summed E-state index contributed by atoms with van der Waals surface area (Å²) in [6, 6.07) is 4.23. The molecule has 1 aliphatic rings. The molecule has 0 saturated heterocycles. The minimum Gasteiger partial charge on any atom is -0.496 e. The molecular formula is C15H24N2O. The molecule has 3 heteroatoms. The highest BCUT2D eigenvalue weighted by atomic mass is 16.5. The van der Waals surface area contributed by atoms with Crippen molar-refractivity contribution in [3.8, 4) is 5.75 Å². The molecule has 100 valence electrons. The second kappa shape index (κ2) is 4.90. The predicted molar refractivity (Wildman–Crippen MR) is 75.1 cm³/mol. The van der Waals surface area contributed by atoms with Crippen LogP contribution in [0.25, 0.3) is 0 Å². The first kappa shape index (κ1) is 13.4. The van der Waals surface area contributed by atoms with E-state index in [9.17, 15) is 0 Å². The Morgan fingerprint density at radius 2 is 2.11 bits per heavy atom. The maximum atomic E-state index is 6.13. The van der Waals surface area contributed by atoms with Crippen molar-refractivity contribution in [1.82, 2.24) is 4.90 Å². The van der Waals surface area contributed by atoms with Gasteiger partial charge in [0.05, 0.1) is 12.6 Å². The molecular weight excluding hydrogens is 224 g/mol. The minimum absolute atomic E-state index is 0.0355. The van der Waals surface area contributed by atoms with Gasteiger partial charge in [-0.2, -0.15) is 0 Å². The zero-order valence-corrected chi connectivity index (χ0v) is 11.9. The van der Waals surface area contributed by atoms with Gasteiger partial charge in [0.15, 0.2) is 0 Å². The van der Waals surface area contributed by atoms with Crippen LogP contribution in [0.15, 0.2) is 12.1 Å². The number of hydrogen-bond acceptors (Lipinski definition) is 3. The van der Waals surface area contributed by atoms with Gasteiger partial charge in [-0.3, -0.25) is 4.90 Å².